The van der Waals surface area contributed by atoms with Crippen LogP contribution in [0.1, 0.15) is 12.0 Å². The number of carboxylic acids is 1. The lowest BCUT2D eigenvalue weighted by atomic mass is 10.1. The Bertz CT molecular complexity index is 1320. The maximum atomic E-state index is 13.5. The second-order valence-electron chi connectivity index (χ2n) is 7.47. The van der Waals surface area contributed by atoms with Gasteiger partial charge in [0.1, 0.15) is 0 Å². The van der Waals surface area contributed by atoms with Gasteiger partial charge in [-0.15, -0.1) is 0 Å². The van der Waals surface area contributed by atoms with E-state index >= 15 is 0 Å². The number of methoxy groups -OCH3 is 3. The number of aryl methyl sites for hydroxylation is 1. The summed E-state index contributed by atoms with van der Waals surface area (Å²) in [6, 6.07) is 8.43. The number of hydrogen-bond donors (Lipinski definition) is 3. The van der Waals surface area contributed by atoms with Crippen molar-refractivity contribution in [2.75, 3.05) is 39.8 Å². The fourth-order valence-corrected chi connectivity index (χ4v) is 4.88. The fourth-order valence-electron chi connectivity index (χ4n) is 3.49. The van der Waals surface area contributed by atoms with Crippen molar-refractivity contribution in [1.29, 1.82) is 0 Å². The van der Waals surface area contributed by atoms with Crippen LogP contribution < -0.4 is 20.1 Å². The number of carboxylic acid groups (broad SMARTS) is 1. The van der Waals surface area contributed by atoms with Gasteiger partial charge in [0.25, 0.3) is 10.0 Å². The smallest absolute Gasteiger partial charge is 0.319 e. The molecule has 11 nitrogen and oxygen atoms in total. The van der Waals surface area contributed by atoms with Gasteiger partial charge in [-0.1, -0.05) is 0 Å². The van der Waals surface area contributed by atoms with Crippen LogP contribution in [0.2, 0.25) is 0 Å². The van der Waals surface area contributed by atoms with Crippen molar-refractivity contribution < 1.29 is 37.3 Å². The summed E-state index contributed by atoms with van der Waals surface area (Å²) in [6.07, 6.45) is 1.38. The van der Waals surface area contributed by atoms with Gasteiger partial charge in [0.15, 0.2) is 11.5 Å². The number of aromatic nitrogens is 1. The third-order valence-corrected chi connectivity index (χ3v) is 6.92. The summed E-state index contributed by atoms with van der Waals surface area (Å²) in [5.41, 5.74) is 1.27. The number of amides is 2. The van der Waals surface area contributed by atoms with Crippen LogP contribution in [-0.2, 0) is 26.0 Å². The van der Waals surface area contributed by atoms with Gasteiger partial charge in [0.2, 0.25) is 0 Å². The van der Waals surface area contributed by atoms with Crippen molar-refractivity contribution in [2.45, 2.75) is 17.7 Å². The monoisotopic (exact) mass is 505 g/mol. The lowest BCUT2D eigenvalue weighted by Crippen LogP contribution is -2.31. The number of carbonyl (C=O) groups is 2. The van der Waals surface area contributed by atoms with Gasteiger partial charge in [-0.2, -0.15) is 0 Å². The Hall–Kier alpha value is -3.77. The number of nitrogens with zero attached hydrogens (tertiary/aromatic N) is 1. The standard InChI is InChI=1S/C23H27N3O8S/c1-32-11-10-24-23(29)25-16-5-7-17(8-6-16)35(30,31)26-14-15(4-9-22(27)28)18-12-20(33-2)21(34-3)13-19(18)26/h5-8,12-14H,4,9-11H2,1-3H3,(H,27,28)(H2,24,25,29). The molecule has 0 spiro atoms. The lowest BCUT2D eigenvalue weighted by molar-refractivity contribution is -0.136. The van der Waals surface area contributed by atoms with Crippen LogP contribution in [0.3, 0.4) is 0 Å². The first kappa shape index (κ1) is 25.8. The fraction of sp³-hybridized carbons (Fsp3) is 0.304. The van der Waals surface area contributed by atoms with Crippen LogP contribution >= 0.6 is 0 Å². The predicted octanol–water partition coefficient (Wildman–Crippen LogP) is 2.68. The van der Waals surface area contributed by atoms with Crippen molar-refractivity contribution in [1.82, 2.24) is 9.29 Å². The number of ether oxygens (including phenoxy) is 3. The Kier molecular flexibility index (Phi) is 8.20. The summed E-state index contributed by atoms with van der Waals surface area (Å²) >= 11 is 0. The summed E-state index contributed by atoms with van der Waals surface area (Å²) in [7, 11) is 0.358. The topological polar surface area (TPSA) is 145 Å². The molecule has 0 fully saturated rings. The van der Waals surface area contributed by atoms with Crippen molar-refractivity contribution in [3.63, 3.8) is 0 Å². The molecule has 0 bridgehead atoms. The average Bonchev–Trinajstić information content (AvgIpc) is 3.20. The minimum Gasteiger partial charge on any atom is -0.493 e. The summed E-state index contributed by atoms with van der Waals surface area (Å²) < 4.78 is 43.7. The number of hydrogen-bond acceptors (Lipinski definition) is 7. The lowest BCUT2D eigenvalue weighted by Gasteiger charge is -2.12. The van der Waals surface area contributed by atoms with Crippen LogP contribution in [0, 0.1) is 0 Å². The van der Waals surface area contributed by atoms with E-state index in [2.05, 4.69) is 10.6 Å². The van der Waals surface area contributed by atoms with Crippen LogP contribution in [0.25, 0.3) is 10.9 Å². The van der Waals surface area contributed by atoms with Gasteiger partial charge in [0, 0.05) is 43.4 Å². The molecule has 0 unspecified atom stereocenters. The van der Waals surface area contributed by atoms with Gasteiger partial charge >= 0.3 is 12.0 Å². The van der Waals surface area contributed by atoms with E-state index in [1.165, 1.54) is 57.9 Å². The zero-order valence-electron chi connectivity index (χ0n) is 19.5. The average molecular weight is 506 g/mol. The van der Waals surface area contributed by atoms with E-state index in [1.54, 1.807) is 6.07 Å². The van der Waals surface area contributed by atoms with E-state index in [4.69, 9.17) is 19.3 Å². The third kappa shape index (κ3) is 5.84. The van der Waals surface area contributed by atoms with E-state index < -0.39 is 22.0 Å². The highest BCUT2D eigenvalue weighted by molar-refractivity contribution is 7.90. The van der Waals surface area contributed by atoms with Crippen LogP contribution in [0.4, 0.5) is 10.5 Å². The Morgan fingerprint density at radius 3 is 2.29 bits per heavy atom. The number of aliphatic carboxylic acids is 1. The molecule has 1 heterocycles. The summed E-state index contributed by atoms with van der Waals surface area (Å²) in [5.74, 6) is -0.270. The van der Waals surface area contributed by atoms with E-state index in [0.717, 1.165) is 3.97 Å². The molecule has 0 saturated carbocycles. The highest BCUT2D eigenvalue weighted by atomic mass is 32.2. The number of nitrogens with one attached hydrogen (secondary N) is 2. The normalized spacial score (nSPS) is 11.3. The zero-order chi connectivity index (χ0) is 25.6. The molecule has 3 rings (SSSR count). The molecular weight excluding hydrogens is 478 g/mol. The molecule has 12 heteroatoms. The Balaban J connectivity index is 1.98. The second-order valence-corrected chi connectivity index (χ2v) is 9.29. The third-order valence-electron chi connectivity index (χ3n) is 5.23. The van der Waals surface area contributed by atoms with Crippen molar-refractivity contribution >= 4 is 38.6 Å². The number of benzene rings is 2. The van der Waals surface area contributed by atoms with Gasteiger partial charge in [0.05, 0.1) is 31.2 Å². The van der Waals surface area contributed by atoms with Gasteiger partial charge in [-0.05, 0) is 42.3 Å². The maximum absolute atomic E-state index is 13.5. The molecule has 188 valence electrons. The van der Waals surface area contributed by atoms with Crippen molar-refractivity contribution in [3.8, 4) is 11.5 Å². The molecule has 3 aromatic rings. The van der Waals surface area contributed by atoms with Gasteiger partial charge in [-0.25, -0.2) is 17.2 Å². The van der Waals surface area contributed by atoms with E-state index in [9.17, 15) is 18.0 Å². The van der Waals surface area contributed by atoms with Crippen molar-refractivity contribution in [3.05, 3.63) is 48.2 Å². The SMILES string of the molecule is COCCNC(=O)Nc1ccc(S(=O)(=O)n2cc(CCC(=O)O)c3cc(OC)c(OC)cc32)cc1. The van der Waals surface area contributed by atoms with E-state index in [0.29, 0.717) is 46.8 Å². The van der Waals surface area contributed by atoms with Gasteiger partial charge < -0.3 is 30.0 Å². The van der Waals surface area contributed by atoms with Crippen LogP contribution in [0.5, 0.6) is 11.5 Å². The van der Waals surface area contributed by atoms with Gasteiger partial charge in [-0.3, -0.25) is 4.79 Å². The minimum atomic E-state index is -4.06. The molecule has 0 aliphatic carbocycles. The molecule has 0 saturated heterocycles. The summed E-state index contributed by atoms with van der Waals surface area (Å²) in [6.45, 7) is 0.689. The first-order valence-electron chi connectivity index (χ1n) is 10.6. The minimum absolute atomic E-state index is 0.0145. The first-order valence-corrected chi connectivity index (χ1v) is 12.0. The molecule has 35 heavy (non-hydrogen) atoms. The summed E-state index contributed by atoms with van der Waals surface area (Å²) in [5, 5.41) is 14.9. The number of anilines is 1. The molecular formula is C23H27N3O8S. The Labute approximate surface area is 202 Å². The first-order chi connectivity index (χ1) is 16.7. The van der Waals surface area contributed by atoms with E-state index in [1.807, 2.05) is 0 Å². The Morgan fingerprint density at radius 2 is 1.69 bits per heavy atom. The molecule has 3 N–H and O–H groups in total. The summed E-state index contributed by atoms with van der Waals surface area (Å²) in [4.78, 5) is 23.0. The molecule has 1 aromatic heterocycles. The highest BCUT2D eigenvalue weighted by Gasteiger charge is 2.23. The Morgan fingerprint density at radius 1 is 1.03 bits per heavy atom. The van der Waals surface area contributed by atoms with Crippen LogP contribution in [0.15, 0.2) is 47.5 Å². The molecule has 0 atom stereocenters. The number of carbonyl (C=O) groups excluding carboxylic acids is 1. The molecule has 2 aromatic carbocycles. The van der Waals surface area contributed by atoms with Crippen LogP contribution in [-0.4, -0.2) is 64.0 Å². The molecule has 0 aliphatic heterocycles. The second kappa shape index (κ2) is 11.1. The highest BCUT2D eigenvalue weighted by Crippen LogP contribution is 2.36. The van der Waals surface area contributed by atoms with Crippen molar-refractivity contribution in [2.24, 2.45) is 0 Å². The number of urea groups is 1. The number of fused-ring (bicyclic) bond motifs is 1. The molecule has 0 radical (unpaired) electrons. The largest absolute Gasteiger partial charge is 0.493 e. The zero-order valence-corrected chi connectivity index (χ0v) is 20.3. The predicted molar refractivity (Wildman–Crippen MR) is 129 cm³/mol. The maximum Gasteiger partial charge on any atom is 0.319 e. The quantitative estimate of drug-likeness (QED) is 0.337. The number of rotatable bonds is 11. The molecule has 2 amide bonds. The van der Waals surface area contributed by atoms with E-state index in [-0.39, 0.29) is 17.7 Å². The molecule has 0 aliphatic rings.